The standard InChI is InChI=1S/C31H32ClF3N2O3/c1-3-22(2)27(24-11-5-4-6-12-24)21-37(20-25-13-8-15-28(30(25)32)31(33,34)35)16-9-17-40-26-14-7-10-23(18-26)19-29(38)36-39/h3-8,10-15,18,27H,9,16-17,19-21H2,1-2H3/b22-3+. The molecule has 40 heavy (non-hydrogen) atoms. The SMILES string of the molecule is C/C=C(\C)C(CN(CCCOc1cccc(CC(=O)N=O)c1)Cc1cccc(C(F)(F)F)c1Cl)c1ccccc1. The molecule has 0 saturated carbocycles. The number of nitroso groups, excluding NO2 is 1. The van der Waals surface area contributed by atoms with Gasteiger partial charge < -0.3 is 4.74 Å². The van der Waals surface area contributed by atoms with E-state index in [4.69, 9.17) is 16.3 Å². The summed E-state index contributed by atoms with van der Waals surface area (Å²) in [5.74, 6) is -0.168. The molecule has 0 spiro atoms. The molecule has 0 aliphatic rings. The fourth-order valence-electron chi connectivity index (χ4n) is 4.48. The normalized spacial score (nSPS) is 12.8. The minimum absolute atomic E-state index is 0.0392. The van der Waals surface area contributed by atoms with Crippen molar-refractivity contribution in [1.29, 1.82) is 0 Å². The first-order valence-electron chi connectivity index (χ1n) is 12.9. The topological polar surface area (TPSA) is 59.0 Å². The van der Waals surface area contributed by atoms with Crippen LogP contribution in [0.15, 0.2) is 89.6 Å². The fraction of sp³-hybridized carbons (Fsp3) is 0.323. The summed E-state index contributed by atoms with van der Waals surface area (Å²) < 4.78 is 46.4. The van der Waals surface area contributed by atoms with Crippen molar-refractivity contribution in [3.05, 3.63) is 117 Å². The van der Waals surface area contributed by atoms with Crippen LogP contribution in [-0.4, -0.2) is 30.5 Å². The molecule has 5 nitrogen and oxygen atoms in total. The van der Waals surface area contributed by atoms with Gasteiger partial charge in [0.05, 0.1) is 23.6 Å². The van der Waals surface area contributed by atoms with Gasteiger partial charge in [0.1, 0.15) is 5.75 Å². The summed E-state index contributed by atoms with van der Waals surface area (Å²) in [6.07, 6.45) is -2.00. The van der Waals surface area contributed by atoms with E-state index in [1.165, 1.54) is 6.07 Å². The minimum atomic E-state index is -4.54. The lowest BCUT2D eigenvalue weighted by Gasteiger charge is -2.29. The zero-order chi connectivity index (χ0) is 29.1. The van der Waals surface area contributed by atoms with Gasteiger partial charge >= 0.3 is 6.18 Å². The molecule has 0 heterocycles. The van der Waals surface area contributed by atoms with Crippen molar-refractivity contribution in [2.75, 3.05) is 19.7 Å². The number of hydrogen-bond acceptors (Lipinski definition) is 4. The number of benzene rings is 3. The average Bonchev–Trinajstić information content (AvgIpc) is 2.94. The second-order valence-corrected chi connectivity index (χ2v) is 9.90. The number of halogens is 4. The van der Waals surface area contributed by atoms with Crippen molar-refractivity contribution in [2.24, 2.45) is 5.18 Å². The molecule has 3 rings (SSSR count). The predicted molar refractivity (Wildman–Crippen MR) is 151 cm³/mol. The van der Waals surface area contributed by atoms with Crippen molar-refractivity contribution >= 4 is 17.5 Å². The first kappa shape index (κ1) is 31.0. The van der Waals surface area contributed by atoms with Crippen LogP contribution >= 0.6 is 11.6 Å². The van der Waals surface area contributed by atoms with E-state index >= 15 is 0 Å². The maximum atomic E-state index is 13.5. The summed E-state index contributed by atoms with van der Waals surface area (Å²) in [7, 11) is 0. The molecular formula is C31H32ClF3N2O3. The minimum Gasteiger partial charge on any atom is -0.494 e. The van der Waals surface area contributed by atoms with Crippen molar-refractivity contribution in [3.8, 4) is 5.75 Å². The molecule has 0 aliphatic heterocycles. The summed E-state index contributed by atoms with van der Waals surface area (Å²) in [6.45, 7) is 5.71. The van der Waals surface area contributed by atoms with Crippen LogP contribution in [0, 0.1) is 4.91 Å². The predicted octanol–water partition coefficient (Wildman–Crippen LogP) is 8.22. The molecule has 1 unspecified atom stereocenters. The Bertz CT molecular complexity index is 1310. The highest BCUT2D eigenvalue weighted by atomic mass is 35.5. The Labute approximate surface area is 237 Å². The van der Waals surface area contributed by atoms with Gasteiger partial charge in [-0.05, 0) is 55.2 Å². The van der Waals surface area contributed by atoms with Gasteiger partial charge in [-0.2, -0.15) is 13.2 Å². The van der Waals surface area contributed by atoms with E-state index in [2.05, 4.69) is 10.1 Å². The molecule has 0 N–H and O–H groups in total. The van der Waals surface area contributed by atoms with Crippen LogP contribution in [0.3, 0.4) is 0 Å². The largest absolute Gasteiger partial charge is 0.494 e. The number of hydrogen-bond donors (Lipinski definition) is 0. The van der Waals surface area contributed by atoms with E-state index in [0.717, 1.165) is 17.2 Å². The smallest absolute Gasteiger partial charge is 0.417 e. The summed E-state index contributed by atoms with van der Waals surface area (Å²) in [6, 6.07) is 20.9. The number of carbonyl (C=O) groups excluding carboxylic acids is 1. The van der Waals surface area contributed by atoms with Crippen molar-refractivity contribution < 1.29 is 22.7 Å². The van der Waals surface area contributed by atoms with Gasteiger partial charge in [0.2, 0.25) is 0 Å². The molecule has 1 atom stereocenters. The summed E-state index contributed by atoms with van der Waals surface area (Å²) in [5.41, 5.74) is 2.45. The maximum absolute atomic E-state index is 13.5. The average molecular weight is 573 g/mol. The molecule has 3 aromatic rings. The molecule has 0 aromatic heterocycles. The summed E-state index contributed by atoms with van der Waals surface area (Å²) in [4.78, 5) is 23.8. The van der Waals surface area contributed by atoms with Gasteiger partial charge in [-0.3, -0.25) is 9.69 Å². The van der Waals surface area contributed by atoms with Gasteiger partial charge in [-0.25, -0.2) is 0 Å². The molecule has 1 amide bonds. The quantitative estimate of drug-likeness (QED) is 0.118. The van der Waals surface area contributed by atoms with Gasteiger partial charge in [0.15, 0.2) is 0 Å². The maximum Gasteiger partial charge on any atom is 0.417 e. The number of alkyl halides is 3. The third-order valence-corrected chi connectivity index (χ3v) is 7.12. The van der Waals surface area contributed by atoms with Gasteiger partial charge in [0, 0.05) is 30.7 Å². The molecule has 0 radical (unpaired) electrons. The lowest BCUT2D eigenvalue weighted by Crippen LogP contribution is -2.31. The van der Waals surface area contributed by atoms with Crippen LogP contribution in [0.4, 0.5) is 13.2 Å². The van der Waals surface area contributed by atoms with E-state index in [1.54, 1.807) is 30.3 Å². The first-order valence-corrected chi connectivity index (χ1v) is 13.3. The zero-order valence-electron chi connectivity index (χ0n) is 22.5. The van der Waals surface area contributed by atoms with E-state index in [0.29, 0.717) is 43.0 Å². The highest BCUT2D eigenvalue weighted by Crippen LogP contribution is 2.37. The molecule has 0 bridgehead atoms. The second kappa shape index (κ2) is 14.8. The Morgan fingerprint density at radius 2 is 1.80 bits per heavy atom. The van der Waals surface area contributed by atoms with Gasteiger partial charge in [0.25, 0.3) is 5.91 Å². The zero-order valence-corrected chi connectivity index (χ0v) is 23.2. The number of carbonyl (C=O) groups is 1. The molecule has 0 aliphatic carbocycles. The second-order valence-electron chi connectivity index (χ2n) is 9.52. The van der Waals surface area contributed by atoms with E-state index in [-0.39, 0.29) is 23.9 Å². The van der Waals surface area contributed by atoms with Crippen molar-refractivity contribution in [1.82, 2.24) is 4.90 Å². The van der Waals surface area contributed by atoms with Crippen LogP contribution < -0.4 is 4.74 Å². The van der Waals surface area contributed by atoms with Crippen LogP contribution in [0.25, 0.3) is 0 Å². The number of nitrogens with zero attached hydrogens (tertiary/aromatic N) is 2. The van der Waals surface area contributed by atoms with Gasteiger partial charge in [-0.1, -0.05) is 77.8 Å². The molecule has 9 heteroatoms. The van der Waals surface area contributed by atoms with Crippen LogP contribution in [0.2, 0.25) is 5.02 Å². The molecule has 0 fully saturated rings. The Morgan fingerprint density at radius 1 is 1.07 bits per heavy atom. The number of allylic oxidation sites excluding steroid dienone is 1. The van der Waals surface area contributed by atoms with Gasteiger partial charge in [-0.15, -0.1) is 4.91 Å². The Kier molecular flexibility index (Phi) is 11.5. The number of ether oxygens (including phenoxy) is 1. The van der Waals surface area contributed by atoms with Crippen LogP contribution in [0.1, 0.15) is 48.4 Å². The van der Waals surface area contributed by atoms with Crippen molar-refractivity contribution in [2.45, 2.75) is 45.3 Å². The Hall–Kier alpha value is -3.49. The lowest BCUT2D eigenvalue weighted by atomic mass is 9.91. The van der Waals surface area contributed by atoms with Crippen LogP contribution in [-0.2, 0) is 23.9 Å². The van der Waals surface area contributed by atoms with E-state index in [1.807, 2.05) is 50.3 Å². The Balaban J connectivity index is 1.77. The molecule has 212 valence electrons. The monoisotopic (exact) mass is 572 g/mol. The fourth-order valence-corrected chi connectivity index (χ4v) is 4.78. The molecule has 3 aromatic carbocycles. The first-order chi connectivity index (χ1) is 19.1. The number of rotatable bonds is 13. The molecular weight excluding hydrogens is 541 g/mol. The highest BCUT2D eigenvalue weighted by molar-refractivity contribution is 6.32. The molecule has 0 saturated heterocycles. The highest BCUT2D eigenvalue weighted by Gasteiger charge is 2.34. The summed E-state index contributed by atoms with van der Waals surface area (Å²) in [5, 5.41) is 2.13. The number of amides is 1. The third-order valence-electron chi connectivity index (χ3n) is 6.67. The third kappa shape index (κ3) is 9.03. The summed E-state index contributed by atoms with van der Waals surface area (Å²) >= 11 is 6.25. The van der Waals surface area contributed by atoms with Crippen LogP contribution in [0.5, 0.6) is 5.75 Å². The van der Waals surface area contributed by atoms with E-state index in [9.17, 15) is 22.9 Å². The van der Waals surface area contributed by atoms with E-state index < -0.39 is 17.6 Å². The Morgan fingerprint density at radius 3 is 2.48 bits per heavy atom. The van der Waals surface area contributed by atoms with Crippen molar-refractivity contribution in [3.63, 3.8) is 0 Å². The lowest BCUT2D eigenvalue weighted by molar-refractivity contribution is -0.137.